The van der Waals surface area contributed by atoms with Crippen molar-refractivity contribution in [3.05, 3.63) is 72.1 Å². The van der Waals surface area contributed by atoms with Gasteiger partial charge >= 0.3 is 0 Å². The third-order valence-corrected chi connectivity index (χ3v) is 2.96. The molecule has 0 saturated heterocycles. The van der Waals surface area contributed by atoms with Crippen LogP contribution in [0, 0.1) is 0 Å². The minimum atomic E-state index is -0.0580. The minimum absolute atomic E-state index is 0.0580. The highest BCUT2D eigenvalue weighted by Crippen LogP contribution is 2.13. The smallest absolute Gasteiger partial charge is 0.178 e. The standard InChI is InChI=1S/C18H18N2O/c1-20(2)17-10-6-15(7-11-17)8-12-18(21)13-9-16-5-3-4-14-19-16/h3-14H,1-2H3/b12-8+,13-9+. The fraction of sp³-hybridized carbons (Fsp3) is 0.111. The molecule has 2 rings (SSSR count). The summed E-state index contributed by atoms with van der Waals surface area (Å²) in [5, 5.41) is 0. The van der Waals surface area contributed by atoms with Gasteiger partial charge in [0.05, 0.1) is 5.69 Å². The van der Waals surface area contributed by atoms with Gasteiger partial charge in [0.15, 0.2) is 5.78 Å². The van der Waals surface area contributed by atoms with E-state index < -0.39 is 0 Å². The van der Waals surface area contributed by atoms with Crippen LogP contribution in [0.1, 0.15) is 11.3 Å². The molecule has 0 radical (unpaired) electrons. The molecule has 0 fully saturated rings. The van der Waals surface area contributed by atoms with Crippen LogP contribution in [-0.4, -0.2) is 24.9 Å². The molecule has 106 valence electrons. The first kappa shape index (κ1) is 14.7. The largest absolute Gasteiger partial charge is 0.378 e. The maximum Gasteiger partial charge on any atom is 0.178 e. The molecule has 0 bridgehead atoms. The molecular weight excluding hydrogens is 260 g/mol. The molecule has 0 aliphatic rings. The van der Waals surface area contributed by atoms with Gasteiger partial charge in [-0.25, -0.2) is 0 Å². The molecule has 3 heteroatoms. The molecule has 1 aromatic heterocycles. The molecule has 0 aliphatic carbocycles. The summed E-state index contributed by atoms with van der Waals surface area (Å²) in [5.74, 6) is -0.0580. The summed E-state index contributed by atoms with van der Waals surface area (Å²) in [6, 6.07) is 13.6. The van der Waals surface area contributed by atoms with Crippen LogP contribution in [0.3, 0.4) is 0 Å². The topological polar surface area (TPSA) is 33.2 Å². The summed E-state index contributed by atoms with van der Waals surface area (Å²) in [6.07, 6.45) is 8.30. The maximum atomic E-state index is 11.8. The predicted molar refractivity (Wildman–Crippen MR) is 88.1 cm³/mol. The Hall–Kier alpha value is -2.68. The zero-order chi connectivity index (χ0) is 15.1. The van der Waals surface area contributed by atoms with Crippen LogP contribution >= 0.6 is 0 Å². The Kier molecular flexibility index (Phi) is 5.04. The highest BCUT2D eigenvalue weighted by molar-refractivity contribution is 6.04. The van der Waals surface area contributed by atoms with Gasteiger partial charge in [-0.3, -0.25) is 9.78 Å². The zero-order valence-corrected chi connectivity index (χ0v) is 12.2. The molecule has 0 amide bonds. The van der Waals surface area contributed by atoms with E-state index in [9.17, 15) is 4.79 Å². The van der Waals surface area contributed by atoms with Crippen molar-refractivity contribution in [1.29, 1.82) is 0 Å². The first-order valence-electron chi connectivity index (χ1n) is 6.74. The Balaban J connectivity index is 1.97. The average Bonchev–Trinajstić information content (AvgIpc) is 2.52. The van der Waals surface area contributed by atoms with E-state index >= 15 is 0 Å². The summed E-state index contributed by atoms with van der Waals surface area (Å²) in [6.45, 7) is 0. The van der Waals surface area contributed by atoms with Crippen LogP contribution in [0.25, 0.3) is 12.2 Å². The Morgan fingerprint density at radius 3 is 2.33 bits per heavy atom. The van der Waals surface area contributed by atoms with Crippen molar-refractivity contribution in [1.82, 2.24) is 4.98 Å². The third-order valence-electron chi connectivity index (χ3n) is 2.96. The van der Waals surface area contributed by atoms with Gasteiger partial charge in [0, 0.05) is 26.0 Å². The molecule has 0 unspecified atom stereocenters. The quantitative estimate of drug-likeness (QED) is 0.785. The number of benzene rings is 1. The van der Waals surface area contributed by atoms with Gasteiger partial charge in [-0.15, -0.1) is 0 Å². The molecule has 21 heavy (non-hydrogen) atoms. The Morgan fingerprint density at radius 2 is 1.71 bits per heavy atom. The number of hydrogen-bond acceptors (Lipinski definition) is 3. The number of hydrogen-bond donors (Lipinski definition) is 0. The summed E-state index contributed by atoms with van der Waals surface area (Å²) in [7, 11) is 3.99. The van der Waals surface area contributed by atoms with Gasteiger partial charge in [0.25, 0.3) is 0 Å². The number of carbonyl (C=O) groups excluding carboxylic acids is 1. The third kappa shape index (κ3) is 4.73. The molecule has 0 spiro atoms. The Morgan fingerprint density at radius 1 is 1.00 bits per heavy atom. The summed E-state index contributed by atoms with van der Waals surface area (Å²) in [4.78, 5) is 17.9. The first-order valence-corrected chi connectivity index (χ1v) is 6.74. The van der Waals surface area contributed by atoms with E-state index in [0.29, 0.717) is 0 Å². The number of rotatable bonds is 5. The second kappa shape index (κ2) is 7.20. The molecule has 1 heterocycles. The number of carbonyl (C=O) groups is 1. The number of nitrogens with zero attached hydrogens (tertiary/aromatic N) is 2. The maximum absolute atomic E-state index is 11.8. The first-order chi connectivity index (χ1) is 10.1. The number of pyridine rings is 1. The fourth-order valence-corrected chi connectivity index (χ4v) is 1.76. The normalized spacial score (nSPS) is 11.1. The predicted octanol–water partition coefficient (Wildman–Crippen LogP) is 3.44. The van der Waals surface area contributed by atoms with Crippen LogP contribution in [0.15, 0.2) is 60.8 Å². The molecule has 0 saturated carbocycles. The van der Waals surface area contributed by atoms with Crippen molar-refractivity contribution >= 4 is 23.6 Å². The van der Waals surface area contributed by atoms with E-state index in [0.717, 1.165) is 16.9 Å². The molecule has 1 aromatic carbocycles. The van der Waals surface area contributed by atoms with Crippen LogP contribution < -0.4 is 4.90 Å². The average molecular weight is 278 g/mol. The van der Waals surface area contributed by atoms with Crippen LogP contribution in [-0.2, 0) is 4.79 Å². The summed E-state index contributed by atoms with van der Waals surface area (Å²) >= 11 is 0. The van der Waals surface area contributed by atoms with Crippen LogP contribution in [0.2, 0.25) is 0 Å². The van der Waals surface area contributed by atoms with Crippen molar-refractivity contribution < 1.29 is 4.79 Å². The molecular formula is C18H18N2O. The number of allylic oxidation sites excluding steroid dienone is 2. The van der Waals surface area contributed by atoms with Gasteiger partial charge in [0.1, 0.15) is 0 Å². The van der Waals surface area contributed by atoms with Gasteiger partial charge in [-0.1, -0.05) is 24.3 Å². The highest BCUT2D eigenvalue weighted by atomic mass is 16.1. The van der Waals surface area contributed by atoms with Crippen molar-refractivity contribution in [2.75, 3.05) is 19.0 Å². The Bertz CT molecular complexity index is 641. The van der Waals surface area contributed by atoms with E-state index in [4.69, 9.17) is 0 Å². The lowest BCUT2D eigenvalue weighted by molar-refractivity contribution is -0.110. The Labute approximate surface area is 125 Å². The fourth-order valence-electron chi connectivity index (χ4n) is 1.76. The van der Waals surface area contributed by atoms with Crippen molar-refractivity contribution in [2.45, 2.75) is 0 Å². The zero-order valence-electron chi connectivity index (χ0n) is 12.2. The van der Waals surface area contributed by atoms with Gasteiger partial charge in [-0.05, 0) is 48.1 Å². The van der Waals surface area contributed by atoms with E-state index in [1.54, 1.807) is 18.3 Å². The number of anilines is 1. The van der Waals surface area contributed by atoms with E-state index in [1.165, 1.54) is 6.08 Å². The van der Waals surface area contributed by atoms with Gasteiger partial charge in [0.2, 0.25) is 0 Å². The second-order valence-corrected chi connectivity index (χ2v) is 4.81. The number of aromatic nitrogens is 1. The van der Waals surface area contributed by atoms with Gasteiger partial charge < -0.3 is 4.90 Å². The second-order valence-electron chi connectivity index (χ2n) is 4.81. The monoisotopic (exact) mass is 278 g/mol. The molecule has 2 aromatic rings. The van der Waals surface area contributed by atoms with E-state index in [1.807, 2.05) is 67.5 Å². The van der Waals surface area contributed by atoms with E-state index in [-0.39, 0.29) is 5.78 Å². The summed E-state index contributed by atoms with van der Waals surface area (Å²) in [5.41, 5.74) is 2.91. The lowest BCUT2D eigenvalue weighted by Gasteiger charge is -2.11. The minimum Gasteiger partial charge on any atom is -0.378 e. The molecule has 0 atom stereocenters. The van der Waals surface area contributed by atoms with Crippen molar-refractivity contribution in [2.24, 2.45) is 0 Å². The van der Waals surface area contributed by atoms with Gasteiger partial charge in [-0.2, -0.15) is 0 Å². The van der Waals surface area contributed by atoms with Crippen molar-refractivity contribution in [3.8, 4) is 0 Å². The molecule has 3 nitrogen and oxygen atoms in total. The lowest BCUT2D eigenvalue weighted by atomic mass is 10.1. The van der Waals surface area contributed by atoms with E-state index in [2.05, 4.69) is 4.98 Å². The molecule has 0 aliphatic heterocycles. The molecule has 0 N–H and O–H groups in total. The van der Waals surface area contributed by atoms with Crippen LogP contribution in [0.5, 0.6) is 0 Å². The van der Waals surface area contributed by atoms with Crippen molar-refractivity contribution in [3.63, 3.8) is 0 Å². The van der Waals surface area contributed by atoms with Crippen LogP contribution in [0.4, 0.5) is 5.69 Å². The SMILES string of the molecule is CN(C)c1ccc(/C=C/C(=O)/C=C/c2ccccn2)cc1. The highest BCUT2D eigenvalue weighted by Gasteiger charge is 1.95. The lowest BCUT2D eigenvalue weighted by Crippen LogP contribution is -2.07. The number of ketones is 1. The summed E-state index contributed by atoms with van der Waals surface area (Å²) < 4.78 is 0.